The van der Waals surface area contributed by atoms with Gasteiger partial charge in [0.1, 0.15) is 5.82 Å². The summed E-state index contributed by atoms with van der Waals surface area (Å²) in [5, 5.41) is 12.0. The van der Waals surface area contributed by atoms with E-state index in [1.54, 1.807) is 0 Å². The number of carbonyl (C=O) groups excluding carboxylic acids is 2. The van der Waals surface area contributed by atoms with E-state index in [-0.39, 0.29) is 36.1 Å². The number of H-pyrrole nitrogens is 1. The number of rotatable bonds is 6. The molecule has 1 heterocycles. The molecule has 0 aliphatic heterocycles. The molecule has 3 N–H and O–H groups in total. The van der Waals surface area contributed by atoms with Crippen LogP contribution in [0.2, 0.25) is 0 Å². The third kappa shape index (κ3) is 5.81. The zero-order valence-electron chi connectivity index (χ0n) is 12.5. The van der Waals surface area contributed by atoms with Crippen molar-refractivity contribution in [2.45, 2.75) is 52.5 Å². The number of nitrogens with one attached hydrogen (secondary N) is 3. The van der Waals surface area contributed by atoms with E-state index in [0.29, 0.717) is 5.82 Å². The van der Waals surface area contributed by atoms with Crippen LogP contribution in [0.15, 0.2) is 0 Å². The highest BCUT2D eigenvalue weighted by atomic mass is 16.2. The van der Waals surface area contributed by atoms with Crippen LogP contribution in [0.25, 0.3) is 0 Å². The molecule has 0 bridgehead atoms. The molecule has 1 aromatic rings. The Labute approximate surface area is 118 Å². The second kappa shape index (κ2) is 7.02. The fourth-order valence-corrected chi connectivity index (χ4v) is 1.59. The first-order chi connectivity index (χ1) is 9.31. The number of carbonyl (C=O) groups is 2. The van der Waals surface area contributed by atoms with Gasteiger partial charge in [-0.15, -0.1) is 5.10 Å². The summed E-state index contributed by atoms with van der Waals surface area (Å²) >= 11 is 0. The van der Waals surface area contributed by atoms with Gasteiger partial charge in [-0.2, -0.15) is 0 Å². The van der Waals surface area contributed by atoms with E-state index in [2.05, 4.69) is 25.8 Å². The van der Waals surface area contributed by atoms with Gasteiger partial charge in [0.2, 0.25) is 11.7 Å². The summed E-state index contributed by atoms with van der Waals surface area (Å²) in [6, 6.07) is 0. The molecule has 0 aliphatic carbocycles. The average molecular weight is 281 g/mol. The van der Waals surface area contributed by atoms with Gasteiger partial charge in [-0.3, -0.25) is 14.7 Å². The molecule has 0 atom stereocenters. The Morgan fingerprint density at radius 1 is 1.30 bits per heavy atom. The lowest BCUT2D eigenvalue weighted by Crippen LogP contribution is -2.42. The maximum absolute atomic E-state index is 11.7. The highest BCUT2D eigenvalue weighted by Gasteiger charge is 2.15. The smallest absolute Gasteiger partial charge is 0.290 e. The third-order valence-corrected chi connectivity index (χ3v) is 2.37. The third-order valence-electron chi connectivity index (χ3n) is 2.37. The molecule has 0 aliphatic rings. The van der Waals surface area contributed by atoms with Crippen molar-refractivity contribution in [2.75, 3.05) is 6.54 Å². The highest BCUT2D eigenvalue weighted by Crippen LogP contribution is 1.99. The van der Waals surface area contributed by atoms with Gasteiger partial charge in [0.15, 0.2) is 0 Å². The number of nitrogens with zero attached hydrogens (tertiary/aromatic N) is 2. The summed E-state index contributed by atoms with van der Waals surface area (Å²) < 4.78 is 0. The average Bonchev–Trinajstić information content (AvgIpc) is 2.75. The normalized spacial score (nSPS) is 11.2. The molecule has 20 heavy (non-hydrogen) atoms. The lowest BCUT2D eigenvalue weighted by Gasteiger charge is -2.20. The molecule has 0 saturated carbocycles. The van der Waals surface area contributed by atoms with Crippen LogP contribution in [0.3, 0.4) is 0 Å². The zero-order chi connectivity index (χ0) is 15.2. The van der Waals surface area contributed by atoms with Crippen LogP contribution in [0.1, 0.15) is 57.0 Å². The molecular formula is C13H23N5O2. The molecule has 1 aromatic heterocycles. The summed E-state index contributed by atoms with van der Waals surface area (Å²) in [5.41, 5.74) is -0.264. The minimum Gasteiger partial charge on any atom is -0.351 e. The molecule has 0 unspecified atom stereocenters. The minimum atomic E-state index is -0.368. The zero-order valence-corrected chi connectivity index (χ0v) is 12.5. The standard InChI is InChI=1S/C13H23N5O2/c1-5-6-9-15-11(18-17-9)12(20)14-8-7-10(19)16-13(2,3)4/h5-8H2,1-4H3,(H,14,20)(H,16,19)(H,15,17,18). The number of hydrogen-bond acceptors (Lipinski definition) is 4. The monoisotopic (exact) mass is 281 g/mol. The Bertz CT molecular complexity index is 462. The van der Waals surface area contributed by atoms with E-state index in [9.17, 15) is 9.59 Å². The number of amides is 2. The van der Waals surface area contributed by atoms with Crippen molar-refractivity contribution in [1.29, 1.82) is 0 Å². The predicted molar refractivity (Wildman–Crippen MR) is 75.2 cm³/mol. The van der Waals surface area contributed by atoms with Crippen molar-refractivity contribution >= 4 is 11.8 Å². The molecule has 0 radical (unpaired) electrons. The maximum Gasteiger partial charge on any atom is 0.290 e. The molecule has 1 rings (SSSR count). The summed E-state index contributed by atoms with van der Waals surface area (Å²) in [7, 11) is 0. The number of aromatic nitrogens is 3. The Kier molecular flexibility index (Phi) is 5.66. The first-order valence-electron chi connectivity index (χ1n) is 6.82. The van der Waals surface area contributed by atoms with Crippen LogP contribution in [-0.2, 0) is 11.2 Å². The quantitative estimate of drug-likeness (QED) is 0.717. The van der Waals surface area contributed by atoms with Crippen molar-refractivity contribution in [3.8, 4) is 0 Å². The number of aromatic amines is 1. The first-order valence-corrected chi connectivity index (χ1v) is 6.82. The molecule has 7 nitrogen and oxygen atoms in total. The van der Waals surface area contributed by atoms with Gasteiger partial charge in [0.05, 0.1) is 0 Å². The molecule has 112 valence electrons. The van der Waals surface area contributed by atoms with Crippen molar-refractivity contribution in [2.24, 2.45) is 0 Å². The second-order valence-corrected chi connectivity index (χ2v) is 5.66. The minimum absolute atomic E-state index is 0.0977. The van der Waals surface area contributed by atoms with E-state index in [0.717, 1.165) is 12.8 Å². The van der Waals surface area contributed by atoms with E-state index in [1.165, 1.54) is 0 Å². The molecule has 7 heteroatoms. The van der Waals surface area contributed by atoms with Crippen LogP contribution in [0, 0.1) is 0 Å². The second-order valence-electron chi connectivity index (χ2n) is 5.66. The van der Waals surface area contributed by atoms with E-state index in [4.69, 9.17) is 0 Å². The van der Waals surface area contributed by atoms with Crippen molar-refractivity contribution < 1.29 is 9.59 Å². The Morgan fingerprint density at radius 2 is 2.00 bits per heavy atom. The lowest BCUT2D eigenvalue weighted by atomic mass is 10.1. The van der Waals surface area contributed by atoms with Gasteiger partial charge in [-0.05, 0) is 27.2 Å². The molecule has 2 amide bonds. The fraction of sp³-hybridized carbons (Fsp3) is 0.692. The van der Waals surface area contributed by atoms with Gasteiger partial charge in [0, 0.05) is 24.9 Å². The fourth-order valence-electron chi connectivity index (χ4n) is 1.59. The van der Waals surface area contributed by atoms with Gasteiger partial charge >= 0.3 is 0 Å². The molecular weight excluding hydrogens is 258 g/mol. The summed E-state index contributed by atoms with van der Waals surface area (Å²) in [5.74, 6) is 0.347. The van der Waals surface area contributed by atoms with E-state index in [1.807, 2.05) is 27.7 Å². The Hall–Kier alpha value is -1.92. The summed E-state index contributed by atoms with van der Waals surface area (Å²) in [6.45, 7) is 8.01. The van der Waals surface area contributed by atoms with E-state index < -0.39 is 0 Å². The first kappa shape index (κ1) is 16.1. The van der Waals surface area contributed by atoms with Crippen LogP contribution in [-0.4, -0.2) is 39.1 Å². The van der Waals surface area contributed by atoms with Gasteiger partial charge in [0.25, 0.3) is 5.91 Å². The summed E-state index contributed by atoms with van der Waals surface area (Å²) in [4.78, 5) is 27.4. The number of aryl methyl sites for hydroxylation is 1. The maximum atomic E-state index is 11.7. The largest absolute Gasteiger partial charge is 0.351 e. The van der Waals surface area contributed by atoms with Gasteiger partial charge in [-0.1, -0.05) is 6.92 Å². The van der Waals surface area contributed by atoms with E-state index >= 15 is 0 Å². The lowest BCUT2D eigenvalue weighted by molar-refractivity contribution is -0.122. The van der Waals surface area contributed by atoms with Gasteiger partial charge in [-0.25, -0.2) is 4.98 Å². The van der Waals surface area contributed by atoms with Crippen molar-refractivity contribution in [3.05, 3.63) is 11.6 Å². The summed E-state index contributed by atoms with van der Waals surface area (Å²) in [6.07, 6.45) is 1.92. The topological polar surface area (TPSA) is 99.8 Å². The van der Waals surface area contributed by atoms with Crippen LogP contribution >= 0.6 is 0 Å². The SMILES string of the molecule is CCCc1nc(C(=O)NCCC(=O)NC(C)(C)C)n[nH]1. The van der Waals surface area contributed by atoms with Crippen molar-refractivity contribution in [3.63, 3.8) is 0 Å². The molecule has 0 fully saturated rings. The highest BCUT2D eigenvalue weighted by molar-refractivity contribution is 5.90. The number of hydrogen-bond donors (Lipinski definition) is 3. The molecule has 0 spiro atoms. The van der Waals surface area contributed by atoms with Crippen LogP contribution in [0.5, 0.6) is 0 Å². The molecule has 0 saturated heterocycles. The van der Waals surface area contributed by atoms with Crippen LogP contribution in [0.4, 0.5) is 0 Å². The van der Waals surface area contributed by atoms with Crippen molar-refractivity contribution in [1.82, 2.24) is 25.8 Å². The van der Waals surface area contributed by atoms with Crippen LogP contribution < -0.4 is 10.6 Å². The predicted octanol–water partition coefficient (Wildman–Crippen LogP) is 0.792. The molecule has 0 aromatic carbocycles. The Balaban J connectivity index is 2.34. The Morgan fingerprint density at radius 3 is 2.60 bits per heavy atom. The van der Waals surface area contributed by atoms with Gasteiger partial charge < -0.3 is 10.6 Å².